The molecule has 0 N–H and O–H groups in total. The van der Waals surface area contributed by atoms with E-state index in [1.165, 1.54) is 5.56 Å². The summed E-state index contributed by atoms with van der Waals surface area (Å²) >= 11 is 0. The molecule has 0 saturated carbocycles. The van der Waals surface area contributed by atoms with Crippen molar-refractivity contribution in [3.63, 3.8) is 0 Å². The zero-order chi connectivity index (χ0) is 16.2. The van der Waals surface area contributed by atoms with E-state index in [9.17, 15) is 0 Å². The van der Waals surface area contributed by atoms with Crippen molar-refractivity contribution < 1.29 is 4.74 Å². The molecule has 0 amide bonds. The van der Waals surface area contributed by atoms with E-state index < -0.39 is 0 Å². The van der Waals surface area contributed by atoms with E-state index in [-0.39, 0.29) is 6.10 Å². The molecule has 0 fully saturated rings. The lowest BCUT2D eigenvalue weighted by Gasteiger charge is -2.18. The van der Waals surface area contributed by atoms with Gasteiger partial charge < -0.3 is 9.30 Å². The lowest BCUT2D eigenvalue weighted by Crippen LogP contribution is -2.13. The molecule has 0 aliphatic carbocycles. The van der Waals surface area contributed by atoms with Gasteiger partial charge in [-0.05, 0) is 43.2 Å². The average Bonchev–Trinajstić information content (AvgIpc) is 2.92. The second-order valence-electron chi connectivity index (χ2n) is 5.69. The van der Waals surface area contributed by atoms with Gasteiger partial charge in [0.05, 0.1) is 11.0 Å². The highest BCUT2D eigenvalue weighted by Crippen LogP contribution is 2.28. The predicted molar refractivity (Wildman–Crippen MR) is 94.8 cm³/mol. The Morgan fingerprint density at radius 1 is 1.22 bits per heavy atom. The molecule has 3 rings (SSSR count). The van der Waals surface area contributed by atoms with Crippen LogP contribution in [-0.4, -0.2) is 9.55 Å². The number of rotatable bonds is 6. The van der Waals surface area contributed by atoms with Crippen molar-refractivity contribution in [2.45, 2.75) is 32.9 Å². The first-order chi connectivity index (χ1) is 11.2. The van der Waals surface area contributed by atoms with Crippen molar-refractivity contribution in [2.75, 3.05) is 0 Å². The van der Waals surface area contributed by atoms with E-state index in [1.807, 2.05) is 36.4 Å². The van der Waals surface area contributed by atoms with E-state index >= 15 is 0 Å². The monoisotopic (exact) mass is 306 g/mol. The van der Waals surface area contributed by atoms with Crippen LogP contribution in [-0.2, 0) is 6.54 Å². The molecule has 3 heteroatoms. The number of benzene rings is 2. The average molecular weight is 306 g/mol. The van der Waals surface area contributed by atoms with Gasteiger partial charge in [0.25, 0.3) is 0 Å². The summed E-state index contributed by atoms with van der Waals surface area (Å²) in [5, 5.41) is 0. The topological polar surface area (TPSA) is 27.1 Å². The van der Waals surface area contributed by atoms with E-state index in [0.717, 1.165) is 35.6 Å². The number of allylic oxidation sites excluding steroid dienone is 1. The zero-order valence-electron chi connectivity index (χ0n) is 13.7. The summed E-state index contributed by atoms with van der Waals surface area (Å²) in [6, 6.07) is 16.3. The van der Waals surface area contributed by atoms with Crippen LogP contribution < -0.4 is 4.74 Å². The fourth-order valence-electron chi connectivity index (χ4n) is 2.83. The van der Waals surface area contributed by atoms with Crippen molar-refractivity contribution >= 4 is 11.0 Å². The van der Waals surface area contributed by atoms with Crippen LogP contribution >= 0.6 is 0 Å². The van der Waals surface area contributed by atoms with Gasteiger partial charge in [-0.1, -0.05) is 37.3 Å². The second-order valence-corrected chi connectivity index (χ2v) is 5.69. The van der Waals surface area contributed by atoms with E-state index in [4.69, 9.17) is 9.72 Å². The molecule has 3 aromatic rings. The minimum absolute atomic E-state index is 0.0795. The Balaban J connectivity index is 2.01. The summed E-state index contributed by atoms with van der Waals surface area (Å²) in [7, 11) is 0. The quantitative estimate of drug-likeness (QED) is 0.595. The highest BCUT2D eigenvalue weighted by atomic mass is 16.5. The summed E-state index contributed by atoms with van der Waals surface area (Å²) in [6.45, 7) is 8.79. The molecule has 0 radical (unpaired) electrons. The van der Waals surface area contributed by atoms with E-state index in [2.05, 4.69) is 43.2 Å². The maximum absolute atomic E-state index is 6.23. The molecular weight excluding hydrogens is 284 g/mol. The van der Waals surface area contributed by atoms with Crippen molar-refractivity contribution in [2.24, 2.45) is 0 Å². The van der Waals surface area contributed by atoms with Gasteiger partial charge in [-0.2, -0.15) is 0 Å². The fraction of sp³-hybridized carbons (Fsp3) is 0.250. The fourth-order valence-corrected chi connectivity index (χ4v) is 2.83. The summed E-state index contributed by atoms with van der Waals surface area (Å²) < 4.78 is 8.42. The number of aryl methyl sites for hydroxylation is 1. The molecule has 23 heavy (non-hydrogen) atoms. The molecule has 0 unspecified atom stereocenters. The van der Waals surface area contributed by atoms with Crippen LogP contribution in [0.5, 0.6) is 5.75 Å². The standard InChI is InChI=1S/C20H22N2O/c1-4-13-22-18-12-7-6-11-17(18)21-20(22)19(5-2)23-16-10-8-9-15(3)14-16/h4,6-12,14,19H,1,5,13H2,2-3H3/t19-/m0/s1. The number of ether oxygens (including phenoxy) is 1. The second kappa shape index (κ2) is 6.69. The van der Waals surface area contributed by atoms with Gasteiger partial charge in [-0.3, -0.25) is 0 Å². The highest BCUT2D eigenvalue weighted by Gasteiger charge is 2.20. The maximum Gasteiger partial charge on any atom is 0.156 e. The van der Waals surface area contributed by atoms with E-state index in [1.54, 1.807) is 0 Å². The molecule has 0 bridgehead atoms. The Labute approximate surface area is 137 Å². The number of hydrogen-bond donors (Lipinski definition) is 0. The van der Waals surface area contributed by atoms with Crippen LogP contribution in [0.2, 0.25) is 0 Å². The van der Waals surface area contributed by atoms with Gasteiger partial charge in [0, 0.05) is 6.54 Å². The summed E-state index contributed by atoms with van der Waals surface area (Å²) in [6.07, 6.45) is 2.68. The third kappa shape index (κ3) is 3.14. The Morgan fingerprint density at radius 2 is 2.04 bits per heavy atom. The molecule has 0 spiro atoms. The maximum atomic E-state index is 6.23. The molecule has 0 saturated heterocycles. The third-order valence-corrected chi connectivity index (χ3v) is 3.92. The zero-order valence-corrected chi connectivity index (χ0v) is 13.7. The van der Waals surface area contributed by atoms with Gasteiger partial charge in [0.15, 0.2) is 11.9 Å². The first-order valence-electron chi connectivity index (χ1n) is 8.02. The van der Waals surface area contributed by atoms with Crippen LogP contribution in [0.3, 0.4) is 0 Å². The number of fused-ring (bicyclic) bond motifs is 1. The van der Waals surface area contributed by atoms with Crippen LogP contribution in [0.1, 0.15) is 30.8 Å². The van der Waals surface area contributed by atoms with E-state index in [0.29, 0.717) is 0 Å². The molecular formula is C20H22N2O. The predicted octanol–water partition coefficient (Wildman–Crippen LogP) is 5.06. The summed E-state index contributed by atoms with van der Waals surface area (Å²) in [5.74, 6) is 1.84. The Morgan fingerprint density at radius 3 is 2.78 bits per heavy atom. The molecule has 2 aromatic carbocycles. The van der Waals surface area contributed by atoms with Gasteiger partial charge in [0.1, 0.15) is 5.75 Å². The minimum Gasteiger partial charge on any atom is -0.483 e. The third-order valence-electron chi connectivity index (χ3n) is 3.92. The lowest BCUT2D eigenvalue weighted by atomic mass is 10.2. The number of nitrogens with zero attached hydrogens (tertiary/aromatic N) is 2. The lowest BCUT2D eigenvalue weighted by molar-refractivity contribution is 0.187. The summed E-state index contributed by atoms with van der Waals surface area (Å²) in [5.41, 5.74) is 3.31. The molecule has 1 heterocycles. The first-order valence-corrected chi connectivity index (χ1v) is 8.02. The SMILES string of the molecule is C=CCn1c([C@H](CC)Oc2cccc(C)c2)nc2ccccc21. The Bertz CT molecular complexity index is 819. The number of imidazole rings is 1. The number of aromatic nitrogens is 2. The van der Waals surface area contributed by atoms with Crippen molar-refractivity contribution in [3.8, 4) is 5.75 Å². The first kappa shape index (κ1) is 15.3. The van der Waals surface area contributed by atoms with Crippen LogP contribution in [0.4, 0.5) is 0 Å². The van der Waals surface area contributed by atoms with Crippen molar-refractivity contribution in [3.05, 3.63) is 72.6 Å². The normalized spacial score (nSPS) is 12.3. The van der Waals surface area contributed by atoms with Crippen molar-refractivity contribution in [1.82, 2.24) is 9.55 Å². The number of para-hydroxylation sites is 2. The van der Waals surface area contributed by atoms with Crippen LogP contribution in [0.15, 0.2) is 61.2 Å². The smallest absolute Gasteiger partial charge is 0.156 e. The van der Waals surface area contributed by atoms with Gasteiger partial charge in [0.2, 0.25) is 0 Å². The highest BCUT2D eigenvalue weighted by molar-refractivity contribution is 5.76. The largest absolute Gasteiger partial charge is 0.483 e. The summed E-state index contributed by atoms with van der Waals surface area (Å²) in [4.78, 5) is 4.81. The molecule has 1 aromatic heterocycles. The van der Waals surface area contributed by atoms with Crippen LogP contribution in [0, 0.1) is 6.92 Å². The minimum atomic E-state index is -0.0795. The van der Waals surface area contributed by atoms with Gasteiger partial charge in [-0.15, -0.1) is 6.58 Å². The molecule has 0 aliphatic rings. The molecule has 0 aliphatic heterocycles. The van der Waals surface area contributed by atoms with Gasteiger partial charge in [-0.25, -0.2) is 4.98 Å². The Kier molecular flexibility index (Phi) is 4.47. The van der Waals surface area contributed by atoms with Crippen molar-refractivity contribution in [1.29, 1.82) is 0 Å². The molecule has 1 atom stereocenters. The number of hydrogen-bond acceptors (Lipinski definition) is 2. The molecule has 118 valence electrons. The van der Waals surface area contributed by atoms with Gasteiger partial charge >= 0.3 is 0 Å². The molecule has 3 nitrogen and oxygen atoms in total. The Hall–Kier alpha value is -2.55. The van der Waals surface area contributed by atoms with Crippen LogP contribution in [0.25, 0.3) is 11.0 Å².